The fourth-order valence-corrected chi connectivity index (χ4v) is 2.47. The number of fused-ring (bicyclic) bond motifs is 1. The molecule has 4 heteroatoms. The van der Waals surface area contributed by atoms with Gasteiger partial charge < -0.3 is 20.4 Å². The molecule has 0 bridgehead atoms. The van der Waals surface area contributed by atoms with Gasteiger partial charge in [0.1, 0.15) is 23.0 Å². The van der Waals surface area contributed by atoms with E-state index < -0.39 is 0 Å². The minimum atomic E-state index is -0.157. The number of phenols is 4. The van der Waals surface area contributed by atoms with Crippen LogP contribution in [0.5, 0.6) is 23.0 Å². The largest absolute Gasteiger partial charge is 0.508 e. The van der Waals surface area contributed by atoms with Gasteiger partial charge in [-0.15, -0.1) is 0 Å². The molecule has 0 aliphatic heterocycles. The minimum absolute atomic E-state index is 0.0306. The number of aromatic hydroxyl groups is 4. The van der Waals surface area contributed by atoms with Gasteiger partial charge in [0.05, 0.1) is 5.39 Å². The van der Waals surface area contributed by atoms with Gasteiger partial charge in [-0.1, -0.05) is 18.2 Å². The summed E-state index contributed by atoms with van der Waals surface area (Å²) in [5.41, 5.74) is 1.84. The van der Waals surface area contributed by atoms with Gasteiger partial charge in [0.2, 0.25) is 0 Å². The van der Waals surface area contributed by atoms with Gasteiger partial charge in [-0.05, 0) is 47.2 Å². The van der Waals surface area contributed by atoms with E-state index in [0.29, 0.717) is 17.2 Å². The van der Waals surface area contributed by atoms with E-state index in [0.717, 1.165) is 11.1 Å². The Morgan fingerprint density at radius 2 is 1.38 bits per heavy atom. The summed E-state index contributed by atoms with van der Waals surface area (Å²) < 4.78 is 0. The first-order valence-corrected chi connectivity index (χ1v) is 6.49. The third-order valence-corrected chi connectivity index (χ3v) is 3.48. The molecule has 21 heavy (non-hydrogen) atoms. The Balaban J connectivity index is 2.14. The van der Waals surface area contributed by atoms with Crippen molar-refractivity contribution >= 4 is 10.8 Å². The maximum absolute atomic E-state index is 9.91. The number of phenolic OH excluding ortho intramolecular Hbond substituents is 4. The second kappa shape index (κ2) is 4.90. The molecule has 0 radical (unpaired) electrons. The number of benzene rings is 3. The van der Waals surface area contributed by atoms with E-state index in [9.17, 15) is 20.4 Å². The maximum Gasteiger partial charge on any atom is 0.130 e. The van der Waals surface area contributed by atoms with E-state index in [1.54, 1.807) is 30.3 Å². The molecule has 0 atom stereocenters. The third kappa shape index (κ3) is 2.43. The fraction of sp³-hybridized carbons (Fsp3) is 0.0588. The molecule has 4 nitrogen and oxygen atoms in total. The third-order valence-electron chi connectivity index (χ3n) is 3.48. The van der Waals surface area contributed by atoms with Crippen molar-refractivity contribution in [1.82, 2.24) is 0 Å². The normalized spacial score (nSPS) is 10.9. The first kappa shape index (κ1) is 13.1. The van der Waals surface area contributed by atoms with Crippen molar-refractivity contribution in [3.8, 4) is 23.0 Å². The van der Waals surface area contributed by atoms with Crippen molar-refractivity contribution < 1.29 is 20.4 Å². The minimum Gasteiger partial charge on any atom is -0.508 e. The first-order valence-electron chi connectivity index (χ1n) is 6.49. The van der Waals surface area contributed by atoms with Gasteiger partial charge in [-0.3, -0.25) is 0 Å². The summed E-state index contributed by atoms with van der Waals surface area (Å²) in [6.07, 6.45) is 0.556. The summed E-state index contributed by atoms with van der Waals surface area (Å²) in [6.45, 7) is 0. The molecular weight excluding hydrogens is 268 g/mol. The lowest BCUT2D eigenvalue weighted by Gasteiger charge is -2.10. The van der Waals surface area contributed by atoms with E-state index in [1.165, 1.54) is 18.2 Å². The lowest BCUT2D eigenvalue weighted by Crippen LogP contribution is -1.90. The van der Waals surface area contributed by atoms with Crippen LogP contribution in [0, 0.1) is 0 Å². The molecule has 3 aromatic carbocycles. The molecule has 0 unspecified atom stereocenters. The summed E-state index contributed by atoms with van der Waals surface area (Å²) in [5.74, 6) is -0.0471. The highest BCUT2D eigenvalue weighted by Crippen LogP contribution is 2.38. The van der Waals surface area contributed by atoms with Crippen LogP contribution in [0.25, 0.3) is 10.8 Å². The topological polar surface area (TPSA) is 80.9 Å². The van der Waals surface area contributed by atoms with Gasteiger partial charge in [-0.2, -0.15) is 0 Å². The second-order valence-corrected chi connectivity index (χ2v) is 4.97. The molecule has 0 aliphatic rings. The Morgan fingerprint density at radius 1 is 0.667 bits per heavy atom. The summed E-state index contributed by atoms with van der Waals surface area (Å²) in [7, 11) is 0. The highest BCUT2D eigenvalue weighted by molar-refractivity contribution is 5.96. The predicted octanol–water partition coefficient (Wildman–Crippen LogP) is 3.25. The average molecular weight is 282 g/mol. The molecule has 0 aliphatic carbocycles. The van der Waals surface area contributed by atoms with Gasteiger partial charge in [0, 0.05) is 6.07 Å². The molecule has 4 N–H and O–H groups in total. The van der Waals surface area contributed by atoms with E-state index >= 15 is 0 Å². The van der Waals surface area contributed by atoms with Crippen LogP contribution in [0.15, 0.2) is 48.5 Å². The van der Waals surface area contributed by atoms with Crippen LogP contribution < -0.4 is 0 Å². The Labute approximate surface area is 121 Å². The summed E-state index contributed by atoms with van der Waals surface area (Å²) >= 11 is 0. The zero-order valence-electron chi connectivity index (χ0n) is 11.1. The van der Waals surface area contributed by atoms with Crippen LogP contribution >= 0.6 is 0 Å². The Bertz CT molecular complexity index is 807. The molecule has 3 aromatic rings. The molecule has 0 saturated heterocycles. The smallest absolute Gasteiger partial charge is 0.130 e. The fourth-order valence-electron chi connectivity index (χ4n) is 2.47. The Hall–Kier alpha value is -2.88. The molecule has 0 fully saturated rings. The number of hydrogen-bond acceptors (Lipinski definition) is 4. The zero-order chi connectivity index (χ0) is 15.0. The molecule has 0 heterocycles. The molecule has 0 spiro atoms. The number of rotatable bonds is 2. The molecule has 0 aromatic heterocycles. The van der Waals surface area contributed by atoms with Crippen LogP contribution in [0.1, 0.15) is 11.1 Å². The molecule has 106 valence electrons. The van der Waals surface area contributed by atoms with Crippen LogP contribution in [-0.4, -0.2) is 20.4 Å². The Morgan fingerprint density at radius 3 is 2.10 bits per heavy atom. The van der Waals surface area contributed by atoms with Crippen LogP contribution in [0.3, 0.4) is 0 Å². The van der Waals surface area contributed by atoms with Crippen LogP contribution in [0.4, 0.5) is 0 Å². The number of hydrogen-bond donors (Lipinski definition) is 4. The molecule has 0 amide bonds. The van der Waals surface area contributed by atoms with E-state index in [1.807, 2.05) is 0 Å². The van der Waals surface area contributed by atoms with Crippen molar-refractivity contribution in [3.05, 3.63) is 59.7 Å². The second-order valence-electron chi connectivity index (χ2n) is 4.97. The lowest BCUT2D eigenvalue weighted by atomic mass is 9.97. The maximum atomic E-state index is 9.91. The van der Waals surface area contributed by atoms with Gasteiger partial charge in [-0.25, -0.2) is 0 Å². The van der Waals surface area contributed by atoms with Crippen molar-refractivity contribution in [2.45, 2.75) is 6.42 Å². The van der Waals surface area contributed by atoms with Gasteiger partial charge in [0.15, 0.2) is 0 Å². The highest BCUT2D eigenvalue weighted by Gasteiger charge is 2.11. The predicted molar refractivity (Wildman–Crippen MR) is 79.9 cm³/mol. The first-order chi connectivity index (χ1) is 10.0. The van der Waals surface area contributed by atoms with Crippen molar-refractivity contribution in [2.24, 2.45) is 0 Å². The van der Waals surface area contributed by atoms with E-state index in [4.69, 9.17) is 0 Å². The Kier molecular flexibility index (Phi) is 3.06. The standard InChI is InChI=1S/C17H14O4/c18-12-4-1-10(2-5-12)7-11-3-6-15(20)17-14(11)8-13(19)9-16(17)21/h1-6,8-9,18-21H,7H2. The van der Waals surface area contributed by atoms with Crippen LogP contribution in [-0.2, 0) is 6.42 Å². The molecule has 3 rings (SSSR count). The monoisotopic (exact) mass is 282 g/mol. The summed E-state index contributed by atoms with van der Waals surface area (Å²) in [6, 6.07) is 12.8. The molecular formula is C17H14O4. The summed E-state index contributed by atoms with van der Waals surface area (Å²) in [5, 5.41) is 39.7. The van der Waals surface area contributed by atoms with Crippen molar-refractivity contribution in [1.29, 1.82) is 0 Å². The van der Waals surface area contributed by atoms with Crippen molar-refractivity contribution in [3.63, 3.8) is 0 Å². The van der Waals surface area contributed by atoms with E-state index in [2.05, 4.69) is 0 Å². The highest BCUT2D eigenvalue weighted by atomic mass is 16.3. The zero-order valence-corrected chi connectivity index (χ0v) is 11.1. The van der Waals surface area contributed by atoms with E-state index in [-0.39, 0.29) is 23.0 Å². The SMILES string of the molecule is Oc1ccc(Cc2ccc(O)c3c(O)cc(O)cc23)cc1. The van der Waals surface area contributed by atoms with Gasteiger partial charge >= 0.3 is 0 Å². The molecule has 0 saturated carbocycles. The van der Waals surface area contributed by atoms with Crippen LogP contribution in [0.2, 0.25) is 0 Å². The average Bonchev–Trinajstić information content (AvgIpc) is 2.43. The van der Waals surface area contributed by atoms with Crippen molar-refractivity contribution in [2.75, 3.05) is 0 Å². The summed E-state index contributed by atoms with van der Waals surface area (Å²) in [4.78, 5) is 0. The lowest BCUT2D eigenvalue weighted by molar-refractivity contribution is 0.449. The quantitative estimate of drug-likeness (QED) is 0.581. The van der Waals surface area contributed by atoms with Gasteiger partial charge in [0.25, 0.3) is 0 Å².